The normalized spacial score (nSPS) is 29.5. The minimum absolute atomic E-state index is 0.278. The Kier molecular flexibility index (Phi) is 3.67. The third-order valence-electron chi connectivity index (χ3n) is 3.07. The maximum absolute atomic E-state index is 11.4. The van der Waals surface area contributed by atoms with Crippen LogP contribution in [0.5, 0.6) is 0 Å². The highest BCUT2D eigenvalue weighted by molar-refractivity contribution is 5.86. The molecule has 1 amide bonds. The van der Waals surface area contributed by atoms with E-state index in [4.69, 9.17) is 10.4 Å². The molecule has 1 unspecified atom stereocenters. The van der Waals surface area contributed by atoms with Crippen molar-refractivity contribution in [1.82, 2.24) is 5.32 Å². The minimum atomic E-state index is -0.941. The van der Waals surface area contributed by atoms with Crippen LogP contribution >= 0.6 is 0 Å². The van der Waals surface area contributed by atoms with Gasteiger partial charge < -0.3 is 5.11 Å². The van der Waals surface area contributed by atoms with Gasteiger partial charge in [0.05, 0.1) is 11.8 Å². The summed E-state index contributed by atoms with van der Waals surface area (Å²) in [7, 11) is 0. The molecule has 1 saturated carbocycles. The Hall–Kier alpha value is -1.57. The van der Waals surface area contributed by atoms with Gasteiger partial charge in [-0.05, 0) is 18.8 Å². The van der Waals surface area contributed by atoms with E-state index in [0.29, 0.717) is 12.8 Å². The number of aliphatic carboxylic acids is 1. The van der Waals surface area contributed by atoms with Gasteiger partial charge in [-0.15, -0.1) is 0 Å². The SMILES string of the molecule is CCC1C[C@H](C(=O)NC#N)[C@H](C(=O)O)C1. The molecule has 5 nitrogen and oxygen atoms in total. The van der Waals surface area contributed by atoms with Crippen LogP contribution in [0.3, 0.4) is 0 Å². The third kappa shape index (κ3) is 2.46. The third-order valence-corrected chi connectivity index (χ3v) is 3.07. The first-order valence-corrected chi connectivity index (χ1v) is 5.01. The molecular weight excluding hydrogens is 196 g/mol. The lowest BCUT2D eigenvalue weighted by atomic mass is 9.95. The molecular formula is C10H14N2O3. The van der Waals surface area contributed by atoms with E-state index in [1.54, 1.807) is 6.19 Å². The van der Waals surface area contributed by atoms with Crippen LogP contribution in [0.15, 0.2) is 0 Å². The van der Waals surface area contributed by atoms with E-state index in [9.17, 15) is 9.59 Å². The lowest BCUT2D eigenvalue weighted by Crippen LogP contribution is -2.32. The first-order valence-electron chi connectivity index (χ1n) is 5.01. The minimum Gasteiger partial charge on any atom is -0.481 e. The molecule has 0 aromatic rings. The molecule has 1 fully saturated rings. The molecule has 0 aromatic carbocycles. The fourth-order valence-electron chi connectivity index (χ4n) is 2.19. The van der Waals surface area contributed by atoms with Gasteiger partial charge in [0, 0.05) is 0 Å². The summed E-state index contributed by atoms with van der Waals surface area (Å²) in [5.74, 6) is -2.30. The molecule has 82 valence electrons. The van der Waals surface area contributed by atoms with Crippen molar-refractivity contribution in [3.8, 4) is 6.19 Å². The average Bonchev–Trinajstić information content (AvgIpc) is 2.61. The van der Waals surface area contributed by atoms with Crippen LogP contribution in [-0.4, -0.2) is 17.0 Å². The van der Waals surface area contributed by atoms with Crippen LogP contribution in [0, 0.1) is 29.2 Å². The monoisotopic (exact) mass is 210 g/mol. The molecule has 2 N–H and O–H groups in total. The Morgan fingerprint density at radius 2 is 2.07 bits per heavy atom. The maximum atomic E-state index is 11.4. The summed E-state index contributed by atoms with van der Waals surface area (Å²) in [4.78, 5) is 22.3. The fraction of sp³-hybridized carbons (Fsp3) is 0.700. The van der Waals surface area contributed by atoms with E-state index in [0.717, 1.165) is 6.42 Å². The van der Waals surface area contributed by atoms with Gasteiger partial charge in [0.15, 0.2) is 6.19 Å². The van der Waals surface area contributed by atoms with Crippen molar-refractivity contribution in [2.24, 2.45) is 17.8 Å². The smallest absolute Gasteiger partial charge is 0.307 e. The van der Waals surface area contributed by atoms with Gasteiger partial charge in [0.25, 0.3) is 0 Å². The predicted molar refractivity (Wildman–Crippen MR) is 51.4 cm³/mol. The highest BCUT2D eigenvalue weighted by Gasteiger charge is 2.41. The van der Waals surface area contributed by atoms with Crippen LogP contribution in [0.25, 0.3) is 0 Å². The Morgan fingerprint density at radius 1 is 1.47 bits per heavy atom. The molecule has 0 saturated heterocycles. The second-order valence-corrected chi connectivity index (χ2v) is 3.90. The Morgan fingerprint density at radius 3 is 2.53 bits per heavy atom. The van der Waals surface area contributed by atoms with E-state index in [2.05, 4.69) is 0 Å². The zero-order chi connectivity index (χ0) is 11.4. The molecule has 0 aliphatic heterocycles. The second-order valence-electron chi connectivity index (χ2n) is 3.90. The first kappa shape index (κ1) is 11.5. The van der Waals surface area contributed by atoms with Crippen molar-refractivity contribution in [2.45, 2.75) is 26.2 Å². The van der Waals surface area contributed by atoms with Gasteiger partial charge in [-0.1, -0.05) is 13.3 Å². The standard InChI is InChI=1S/C10H14N2O3/c1-2-6-3-7(9(13)12-5-11)8(4-6)10(14)15/h6-8H,2-4H2,1H3,(H,12,13)(H,14,15)/t6?,7-,8+/m0/s1. The highest BCUT2D eigenvalue weighted by Crippen LogP contribution is 2.38. The lowest BCUT2D eigenvalue weighted by Gasteiger charge is -2.11. The number of hydrogen-bond donors (Lipinski definition) is 2. The van der Waals surface area contributed by atoms with Gasteiger partial charge >= 0.3 is 5.97 Å². The molecule has 0 bridgehead atoms. The number of carbonyl (C=O) groups excluding carboxylic acids is 1. The van der Waals surface area contributed by atoms with Gasteiger partial charge in [0.2, 0.25) is 5.91 Å². The number of rotatable bonds is 3. The molecule has 0 spiro atoms. The molecule has 1 rings (SSSR count). The van der Waals surface area contributed by atoms with Crippen molar-refractivity contribution < 1.29 is 14.7 Å². The number of nitrogens with zero attached hydrogens (tertiary/aromatic N) is 1. The number of carbonyl (C=O) groups is 2. The molecule has 5 heteroatoms. The number of amides is 1. The first-order chi connectivity index (χ1) is 7.10. The zero-order valence-electron chi connectivity index (χ0n) is 8.56. The molecule has 15 heavy (non-hydrogen) atoms. The quantitative estimate of drug-likeness (QED) is 0.530. The largest absolute Gasteiger partial charge is 0.481 e. The van der Waals surface area contributed by atoms with E-state index in [1.807, 2.05) is 12.2 Å². The van der Waals surface area contributed by atoms with Crippen LogP contribution in [0.4, 0.5) is 0 Å². The van der Waals surface area contributed by atoms with Crippen LogP contribution in [0.1, 0.15) is 26.2 Å². The summed E-state index contributed by atoms with van der Waals surface area (Å²) in [6.45, 7) is 1.98. The molecule has 0 aromatic heterocycles. The van der Waals surface area contributed by atoms with Gasteiger partial charge in [0.1, 0.15) is 0 Å². The lowest BCUT2D eigenvalue weighted by molar-refractivity contribution is -0.145. The Balaban J connectivity index is 2.73. The van der Waals surface area contributed by atoms with E-state index >= 15 is 0 Å². The molecule has 1 aliphatic carbocycles. The number of carboxylic acid groups (broad SMARTS) is 1. The highest BCUT2D eigenvalue weighted by atomic mass is 16.4. The summed E-state index contributed by atoms with van der Waals surface area (Å²) in [5, 5.41) is 19.3. The topological polar surface area (TPSA) is 90.2 Å². The van der Waals surface area contributed by atoms with Crippen molar-refractivity contribution in [2.75, 3.05) is 0 Å². The van der Waals surface area contributed by atoms with E-state index in [1.165, 1.54) is 0 Å². The van der Waals surface area contributed by atoms with Crippen molar-refractivity contribution in [1.29, 1.82) is 5.26 Å². The zero-order valence-corrected chi connectivity index (χ0v) is 8.56. The summed E-state index contributed by atoms with van der Waals surface area (Å²) >= 11 is 0. The Bertz CT molecular complexity index is 308. The van der Waals surface area contributed by atoms with Crippen molar-refractivity contribution in [3.05, 3.63) is 0 Å². The Labute approximate surface area is 88.1 Å². The summed E-state index contributed by atoms with van der Waals surface area (Å²) in [6, 6.07) is 0. The second kappa shape index (κ2) is 4.78. The maximum Gasteiger partial charge on any atom is 0.307 e. The number of nitriles is 1. The number of carboxylic acids is 1. The molecule has 3 atom stereocenters. The number of hydrogen-bond acceptors (Lipinski definition) is 3. The predicted octanol–water partition coefficient (Wildman–Crippen LogP) is 0.721. The average molecular weight is 210 g/mol. The van der Waals surface area contributed by atoms with Crippen molar-refractivity contribution in [3.63, 3.8) is 0 Å². The summed E-state index contributed by atoms with van der Waals surface area (Å²) in [5.41, 5.74) is 0. The van der Waals surface area contributed by atoms with Crippen LogP contribution < -0.4 is 5.32 Å². The van der Waals surface area contributed by atoms with Gasteiger partial charge in [-0.2, -0.15) is 5.26 Å². The summed E-state index contributed by atoms with van der Waals surface area (Å²) < 4.78 is 0. The van der Waals surface area contributed by atoms with E-state index in [-0.39, 0.29) is 5.92 Å². The van der Waals surface area contributed by atoms with Crippen molar-refractivity contribution >= 4 is 11.9 Å². The fourth-order valence-corrected chi connectivity index (χ4v) is 2.19. The molecule has 0 radical (unpaired) electrons. The van der Waals surface area contributed by atoms with Gasteiger partial charge in [-0.25, -0.2) is 0 Å². The van der Waals surface area contributed by atoms with Crippen LogP contribution in [-0.2, 0) is 9.59 Å². The van der Waals surface area contributed by atoms with Gasteiger partial charge in [-0.3, -0.25) is 14.9 Å². The molecule has 1 aliphatic rings. The van der Waals surface area contributed by atoms with Crippen LogP contribution in [0.2, 0.25) is 0 Å². The number of nitrogens with one attached hydrogen (secondary N) is 1. The molecule has 0 heterocycles. The van der Waals surface area contributed by atoms with E-state index < -0.39 is 23.7 Å². The summed E-state index contributed by atoms with van der Waals surface area (Å²) in [6.07, 6.45) is 3.53.